The average molecular weight is 435 g/mol. The van der Waals surface area contributed by atoms with Gasteiger partial charge in [-0.1, -0.05) is 27.7 Å². The van der Waals surface area contributed by atoms with Crippen molar-refractivity contribution in [3.8, 4) is 0 Å². The van der Waals surface area contributed by atoms with Crippen LogP contribution in [0.25, 0.3) is 0 Å². The van der Waals surface area contributed by atoms with Crippen LogP contribution in [-0.4, -0.2) is 44.8 Å². The van der Waals surface area contributed by atoms with E-state index in [4.69, 9.17) is 14.2 Å². The molecule has 0 aromatic rings. The molecule has 0 aromatic heterocycles. The van der Waals surface area contributed by atoms with E-state index in [0.29, 0.717) is 17.3 Å². The van der Waals surface area contributed by atoms with Crippen molar-refractivity contribution in [2.75, 3.05) is 33.0 Å². The smallest absolute Gasteiger partial charge is 0.380 e. The van der Waals surface area contributed by atoms with Gasteiger partial charge in [0.2, 0.25) is 0 Å². The molecule has 176 valence electrons. The highest BCUT2D eigenvalue weighted by atomic mass is 19.4. The van der Waals surface area contributed by atoms with Crippen molar-refractivity contribution < 1.29 is 27.4 Å². The summed E-state index contributed by atoms with van der Waals surface area (Å²) in [6, 6.07) is 0. The Hall–Kier alpha value is -0.330. The van der Waals surface area contributed by atoms with Crippen molar-refractivity contribution in [2.45, 2.75) is 90.8 Å². The van der Waals surface area contributed by atoms with Gasteiger partial charge in [0.15, 0.2) is 0 Å². The molecule has 3 nitrogen and oxygen atoms in total. The van der Waals surface area contributed by atoms with Gasteiger partial charge in [0.1, 0.15) is 5.41 Å². The van der Waals surface area contributed by atoms with Gasteiger partial charge in [-0.25, -0.2) is 0 Å². The first-order valence-electron chi connectivity index (χ1n) is 11.9. The van der Waals surface area contributed by atoms with Gasteiger partial charge in [-0.15, -0.1) is 0 Å². The summed E-state index contributed by atoms with van der Waals surface area (Å²) in [6.45, 7) is 11.0. The summed E-state index contributed by atoms with van der Waals surface area (Å²) < 4.78 is 56.8. The van der Waals surface area contributed by atoms with Gasteiger partial charge in [0.25, 0.3) is 0 Å². The number of alkyl halides is 3. The van der Waals surface area contributed by atoms with E-state index in [1.807, 2.05) is 6.92 Å². The monoisotopic (exact) mass is 434 g/mol. The lowest BCUT2D eigenvalue weighted by atomic mass is 9.71. The molecular weight excluding hydrogens is 393 g/mol. The van der Waals surface area contributed by atoms with Crippen molar-refractivity contribution in [3.05, 3.63) is 0 Å². The highest BCUT2D eigenvalue weighted by Crippen LogP contribution is 2.50. The summed E-state index contributed by atoms with van der Waals surface area (Å²) in [5.41, 5.74) is -1.37. The van der Waals surface area contributed by atoms with Crippen LogP contribution in [0.1, 0.15) is 79.1 Å². The fourth-order valence-corrected chi connectivity index (χ4v) is 5.79. The zero-order valence-corrected chi connectivity index (χ0v) is 19.3. The lowest BCUT2D eigenvalue weighted by molar-refractivity contribution is -0.308. The summed E-state index contributed by atoms with van der Waals surface area (Å²) in [5, 5.41) is 0. The Labute approximate surface area is 180 Å². The fraction of sp³-hybridized carbons (Fsp3) is 1.00. The first-order chi connectivity index (χ1) is 14.0. The average Bonchev–Trinajstić information content (AvgIpc) is 2.54. The third-order valence-corrected chi connectivity index (χ3v) is 7.70. The Balaban J connectivity index is 1.44. The van der Waals surface area contributed by atoms with Gasteiger partial charge in [0, 0.05) is 5.41 Å². The number of ether oxygens (including phenoxy) is 3. The number of hydrogen-bond donors (Lipinski definition) is 0. The molecule has 0 aliphatic carbocycles. The van der Waals surface area contributed by atoms with E-state index in [9.17, 15) is 13.2 Å². The molecule has 0 saturated carbocycles. The summed E-state index contributed by atoms with van der Waals surface area (Å²) >= 11 is 0. The SMILES string of the molecule is CC(C)CC1(CCC(C)CC2(CCC(C)CC3(C(F)(F)F)COC3)CCO2)COC1. The molecule has 0 aromatic carbocycles. The molecule has 3 heterocycles. The second-order valence-electron chi connectivity index (χ2n) is 11.3. The maximum Gasteiger partial charge on any atom is 0.398 e. The topological polar surface area (TPSA) is 27.7 Å². The van der Waals surface area contributed by atoms with Gasteiger partial charge >= 0.3 is 6.18 Å². The maximum absolute atomic E-state index is 13.4. The van der Waals surface area contributed by atoms with Gasteiger partial charge in [0.05, 0.1) is 38.6 Å². The van der Waals surface area contributed by atoms with Gasteiger partial charge in [-0.05, 0) is 69.1 Å². The summed E-state index contributed by atoms with van der Waals surface area (Å²) in [4.78, 5) is 0. The zero-order chi connectivity index (χ0) is 22.0. The highest BCUT2D eigenvalue weighted by Gasteiger charge is 2.60. The van der Waals surface area contributed by atoms with E-state index in [0.717, 1.165) is 45.5 Å². The van der Waals surface area contributed by atoms with Crippen molar-refractivity contribution >= 4 is 0 Å². The van der Waals surface area contributed by atoms with E-state index in [2.05, 4.69) is 20.8 Å². The molecule has 0 N–H and O–H groups in total. The summed E-state index contributed by atoms with van der Waals surface area (Å²) in [6.07, 6.45) is 3.31. The normalized spacial score (nSPS) is 29.6. The van der Waals surface area contributed by atoms with E-state index >= 15 is 0 Å². The minimum atomic E-state index is -4.17. The number of halogens is 3. The van der Waals surface area contributed by atoms with E-state index in [1.165, 1.54) is 19.3 Å². The maximum atomic E-state index is 13.4. The molecular formula is C24H41F3O3. The van der Waals surface area contributed by atoms with Crippen LogP contribution in [0.15, 0.2) is 0 Å². The standard InChI is InChI=1S/C24H41F3O3/c1-18(2)11-21(14-28-15-21)7-5-20(4)13-23(9-10-30-23)8-6-19(3)12-22(16-29-17-22)24(25,26)27/h18-20H,5-17H2,1-4H3. The van der Waals surface area contributed by atoms with Crippen LogP contribution in [0.5, 0.6) is 0 Å². The summed E-state index contributed by atoms with van der Waals surface area (Å²) in [7, 11) is 0. The lowest BCUT2D eigenvalue weighted by Crippen LogP contribution is -2.54. The molecule has 3 atom stereocenters. The van der Waals surface area contributed by atoms with Crippen molar-refractivity contribution in [1.82, 2.24) is 0 Å². The van der Waals surface area contributed by atoms with Crippen LogP contribution < -0.4 is 0 Å². The number of hydrogen-bond acceptors (Lipinski definition) is 3. The Morgan fingerprint density at radius 3 is 1.77 bits per heavy atom. The van der Waals surface area contributed by atoms with E-state index < -0.39 is 11.6 Å². The minimum absolute atomic E-state index is 0.0216. The first kappa shape index (κ1) is 24.3. The third-order valence-electron chi connectivity index (χ3n) is 7.70. The van der Waals surface area contributed by atoms with Crippen LogP contribution in [0, 0.1) is 28.6 Å². The molecule has 6 heteroatoms. The third kappa shape index (κ3) is 5.53. The predicted octanol–water partition coefficient (Wildman–Crippen LogP) is 6.40. The van der Waals surface area contributed by atoms with Crippen molar-refractivity contribution in [2.24, 2.45) is 28.6 Å². The molecule has 30 heavy (non-hydrogen) atoms. The molecule has 3 saturated heterocycles. The molecule has 0 spiro atoms. The minimum Gasteiger partial charge on any atom is -0.380 e. The Morgan fingerprint density at radius 1 is 0.800 bits per heavy atom. The van der Waals surface area contributed by atoms with Gasteiger partial charge in [-0.3, -0.25) is 0 Å². The largest absolute Gasteiger partial charge is 0.398 e. The van der Waals surface area contributed by atoms with Crippen molar-refractivity contribution in [1.29, 1.82) is 0 Å². The Morgan fingerprint density at radius 2 is 1.37 bits per heavy atom. The van der Waals surface area contributed by atoms with Crippen LogP contribution in [0.2, 0.25) is 0 Å². The molecule has 3 rings (SSSR count). The van der Waals surface area contributed by atoms with Crippen LogP contribution in [0.4, 0.5) is 13.2 Å². The number of rotatable bonds is 12. The van der Waals surface area contributed by atoms with E-state index in [-0.39, 0.29) is 31.2 Å². The lowest BCUT2D eigenvalue weighted by Gasteiger charge is -2.47. The summed E-state index contributed by atoms with van der Waals surface area (Å²) in [5.74, 6) is 1.27. The predicted molar refractivity (Wildman–Crippen MR) is 111 cm³/mol. The van der Waals surface area contributed by atoms with Crippen LogP contribution in [0.3, 0.4) is 0 Å². The molecule has 3 aliphatic heterocycles. The van der Waals surface area contributed by atoms with Gasteiger partial charge < -0.3 is 14.2 Å². The van der Waals surface area contributed by atoms with Gasteiger partial charge in [-0.2, -0.15) is 13.2 Å². The van der Waals surface area contributed by atoms with E-state index in [1.54, 1.807) is 0 Å². The second-order valence-corrected chi connectivity index (χ2v) is 11.3. The fourth-order valence-electron chi connectivity index (χ4n) is 5.79. The highest BCUT2D eigenvalue weighted by molar-refractivity contribution is 4.95. The molecule has 3 fully saturated rings. The molecule has 0 radical (unpaired) electrons. The quantitative estimate of drug-likeness (QED) is 0.356. The molecule has 3 aliphatic rings. The Bertz CT molecular complexity index is 548. The van der Waals surface area contributed by atoms with Crippen molar-refractivity contribution in [3.63, 3.8) is 0 Å². The first-order valence-corrected chi connectivity index (χ1v) is 11.9. The Kier molecular flexibility index (Phi) is 7.51. The second kappa shape index (κ2) is 9.27. The van der Waals surface area contributed by atoms with Crippen LogP contribution >= 0.6 is 0 Å². The zero-order valence-electron chi connectivity index (χ0n) is 19.3. The molecule has 0 amide bonds. The molecule has 3 unspecified atom stereocenters. The molecule has 0 bridgehead atoms. The van der Waals surface area contributed by atoms with Crippen LogP contribution in [-0.2, 0) is 14.2 Å².